The van der Waals surface area contributed by atoms with E-state index in [1.54, 1.807) is 68.4 Å². The average Bonchev–Trinajstić information content (AvgIpc) is 3.26. The second-order valence-electron chi connectivity index (χ2n) is 7.37. The van der Waals surface area contributed by atoms with Gasteiger partial charge >= 0.3 is 0 Å². The van der Waals surface area contributed by atoms with Crippen LogP contribution in [0.3, 0.4) is 0 Å². The zero-order valence-electron chi connectivity index (χ0n) is 17.8. The molecule has 0 saturated heterocycles. The van der Waals surface area contributed by atoms with Crippen LogP contribution in [0.4, 0.5) is 5.69 Å². The molecule has 0 saturated carbocycles. The van der Waals surface area contributed by atoms with Crippen LogP contribution in [0.15, 0.2) is 59.0 Å². The van der Waals surface area contributed by atoms with Gasteiger partial charge in [0, 0.05) is 5.02 Å². The van der Waals surface area contributed by atoms with E-state index < -0.39 is 5.91 Å². The van der Waals surface area contributed by atoms with Crippen LogP contribution in [-0.2, 0) is 4.74 Å². The van der Waals surface area contributed by atoms with Crippen LogP contribution in [0.5, 0.6) is 0 Å². The van der Waals surface area contributed by atoms with Crippen molar-refractivity contribution in [1.29, 1.82) is 0 Å². The molecule has 0 atom stereocenters. The smallest absolute Gasteiger partial charge is 0.271 e. The van der Waals surface area contributed by atoms with Crippen molar-refractivity contribution in [2.45, 2.75) is 13.8 Å². The lowest BCUT2D eigenvalue weighted by molar-refractivity contribution is 0.0627. The highest BCUT2D eigenvalue weighted by Crippen LogP contribution is 2.25. The van der Waals surface area contributed by atoms with Crippen molar-refractivity contribution in [2.24, 2.45) is 0 Å². The number of hydrogen-bond donors (Lipinski definition) is 0. The Morgan fingerprint density at radius 2 is 1.67 bits per heavy atom. The molecule has 3 aromatic rings. The Morgan fingerprint density at radius 3 is 2.21 bits per heavy atom. The van der Waals surface area contributed by atoms with Crippen LogP contribution in [0, 0.1) is 13.8 Å². The van der Waals surface area contributed by atoms with E-state index in [2.05, 4.69) is 0 Å². The van der Waals surface area contributed by atoms with E-state index in [1.807, 2.05) is 0 Å². The maximum absolute atomic E-state index is 13.3. The molecule has 1 aromatic heterocycles. The third-order valence-electron chi connectivity index (χ3n) is 5.16. The highest BCUT2D eigenvalue weighted by molar-refractivity contribution is 7.80. The Balaban J connectivity index is 1.51. The van der Waals surface area contributed by atoms with Crippen molar-refractivity contribution in [3.8, 4) is 0 Å². The normalized spacial score (nSPS) is 12.6. The third kappa shape index (κ3) is 4.40. The van der Waals surface area contributed by atoms with Crippen molar-refractivity contribution in [3.05, 3.63) is 87.8 Å². The van der Waals surface area contributed by atoms with E-state index in [0.29, 0.717) is 38.9 Å². The zero-order chi connectivity index (χ0) is 23.7. The molecule has 0 bridgehead atoms. The summed E-state index contributed by atoms with van der Waals surface area (Å²) in [6, 6.07) is 14.8. The first-order chi connectivity index (χ1) is 15.8. The van der Waals surface area contributed by atoms with Crippen molar-refractivity contribution in [1.82, 2.24) is 4.90 Å². The summed E-state index contributed by atoms with van der Waals surface area (Å²) in [5.74, 6) is -0.174. The van der Waals surface area contributed by atoms with Gasteiger partial charge in [0.15, 0.2) is 0 Å². The number of rotatable bonds is 5. The first-order valence-corrected chi connectivity index (χ1v) is 10.9. The predicted octanol–water partition coefficient (Wildman–Crippen LogP) is 4.79. The number of benzene rings is 2. The minimum atomic E-state index is -0.433. The molecule has 0 unspecified atom stereocenters. The largest absolute Gasteiger partial charge is 0.468 e. The molecule has 1 aliphatic rings. The van der Waals surface area contributed by atoms with Crippen LogP contribution in [0.2, 0.25) is 5.02 Å². The Kier molecular flexibility index (Phi) is 6.31. The van der Waals surface area contributed by atoms with Crippen LogP contribution in [0.1, 0.15) is 42.6 Å². The Labute approximate surface area is 200 Å². The fourth-order valence-corrected chi connectivity index (χ4v) is 3.99. The molecule has 1 aliphatic heterocycles. The maximum atomic E-state index is 13.3. The number of fused-ring (bicyclic) bond motifs is 1. The summed E-state index contributed by atoms with van der Waals surface area (Å²) in [5, 5.41) is 0.371. The van der Waals surface area contributed by atoms with Gasteiger partial charge in [-0.3, -0.25) is 19.3 Å². The summed E-state index contributed by atoms with van der Waals surface area (Å²) < 4.78 is 11.2. The SMILES string of the molecule is Cc1cc(C(=O)N(C(=S)OCCN2C(=O)c3ccccc3C2=O)c2ccc(Cl)cc2)c(C)o1. The van der Waals surface area contributed by atoms with Crippen LogP contribution in [0.25, 0.3) is 0 Å². The molecule has 0 spiro atoms. The molecule has 0 radical (unpaired) electrons. The molecule has 2 aromatic carbocycles. The average molecular weight is 483 g/mol. The molecule has 9 heteroatoms. The highest BCUT2D eigenvalue weighted by Gasteiger charge is 2.35. The number of nitrogens with zero attached hydrogens (tertiary/aromatic N) is 2. The molecule has 0 N–H and O–H groups in total. The molecule has 2 heterocycles. The molecule has 7 nitrogen and oxygen atoms in total. The van der Waals surface area contributed by atoms with Gasteiger partial charge in [-0.15, -0.1) is 0 Å². The third-order valence-corrected chi connectivity index (χ3v) is 5.71. The van der Waals surface area contributed by atoms with Crippen LogP contribution in [-0.4, -0.2) is 40.9 Å². The van der Waals surface area contributed by atoms with Gasteiger partial charge < -0.3 is 9.15 Å². The van der Waals surface area contributed by atoms with E-state index in [4.69, 9.17) is 33.0 Å². The Bertz CT molecular complexity index is 1230. The summed E-state index contributed by atoms with van der Waals surface area (Å²) in [5.41, 5.74) is 1.50. The molecule has 0 aliphatic carbocycles. The first kappa shape index (κ1) is 22.7. The number of hydrogen-bond acceptors (Lipinski definition) is 6. The van der Waals surface area contributed by atoms with Crippen LogP contribution >= 0.6 is 23.8 Å². The lowest BCUT2D eigenvalue weighted by Crippen LogP contribution is -2.39. The predicted molar refractivity (Wildman–Crippen MR) is 127 cm³/mol. The molecule has 168 valence electrons. The van der Waals surface area contributed by atoms with Crippen LogP contribution < -0.4 is 4.90 Å². The van der Waals surface area contributed by atoms with Gasteiger partial charge in [-0.1, -0.05) is 23.7 Å². The van der Waals surface area contributed by atoms with Crippen molar-refractivity contribution in [2.75, 3.05) is 18.1 Å². The molecular weight excluding hydrogens is 464 g/mol. The number of halogens is 1. The van der Waals surface area contributed by atoms with E-state index in [9.17, 15) is 14.4 Å². The van der Waals surface area contributed by atoms with E-state index in [1.165, 1.54) is 4.90 Å². The topological polar surface area (TPSA) is 80.1 Å². The van der Waals surface area contributed by atoms with Gasteiger partial charge in [0.1, 0.15) is 18.1 Å². The van der Waals surface area contributed by atoms with Gasteiger partial charge in [-0.05, 0) is 68.5 Å². The quantitative estimate of drug-likeness (QED) is 0.384. The summed E-state index contributed by atoms with van der Waals surface area (Å²) in [7, 11) is 0. The first-order valence-electron chi connectivity index (χ1n) is 10.1. The number of thiocarbonyl (C=S) groups is 1. The zero-order valence-corrected chi connectivity index (χ0v) is 19.4. The lowest BCUT2D eigenvalue weighted by atomic mass is 10.1. The summed E-state index contributed by atoms with van der Waals surface area (Å²) >= 11 is 11.4. The lowest BCUT2D eigenvalue weighted by Gasteiger charge is -2.24. The number of anilines is 1. The summed E-state index contributed by atoms with van der Waals surface area (Å²) in [4.78, 5) is 40.7. The number of imide groups is 1. The van der Waals surface area contributed by atoms with Gasteiger partial charge in [0.05, 0.1) is 28.9 Å². The second kappa shape index (κ2) is 9.17. The van der Waals surface area contributed by atoms with Crippen molar-refractivity contribution < 1.29 is 23.5 Å². The van der Waals surface area contributed by atoms with Gasteiger partial charge in [0.2, 0.25) is 0 Å². The second-order valence-corrected chi connectivity index (χ2v) is 8.15. The number of amides is 3. The standard InChI is InChI=1S/C24H19ClN2O5S/c1-14-13-20(15(2)32-14)23(30)27(17-9-7-16(25)8-10-17)24(33)31-12-11-26-21(28)18-5-3-4-6-19(18)22(26)29/h3-10,13H,11-12H2,1-2H3. The number of carbonyl (C=O) groups is 3. The van der Waals surface area contributed by atoms with E-state index >= 15 is 0 Å². The minimum absolute atomic E-state index is 0.0149. The number of carbonyl (C=O) groups excluding carboxylic acids is 3. The molecule has 3 amide bonds. The summed E-state index contributed by atoms with van der Waals surface area (Å²) in [6.07, 6.45) is 0. The molecule has 0 fully saturated rings. The van der Waals surface area contributed by atoms with Gasteiger partial charge in [0.25, 0.3) is 22.9 Å². The fraction of sp³-hybridized carbons (Fsp3) is 0.167. The monoisotopic (exact) mass is 482 g/mol. The molecular formula is C24H19ClN2O5S. The fourth-order valence-electron chi connectivity index (χ4n) is 3.59. The summed E-state index contributed by atoms with van der Waals surface area (Å²) in [6.45, 7) is 3.34. The Hall–Kier alpha value is -3.49. The highest BCUT2D eigenvalue weighted by atomic mass is 35.5. The van der Waals surface area contributed by atoms with Crippen molar-refractivity contribution in [3.63, 3.8) is 0 Å². The van der Waals surface area contributed by atoms with E-state index in [-0.39, 0.29) is 30.1 Å². The Morgan fingerprint density at radius 1 is 1.06 bits per heavy atom. The van der Waals surface area contributed by atoms with Crippen molar-refractivity contribution >= 4 is 52.4 Å². The maximum Gasteiger partial charge on any atom is 0.271 e. The molecule has 33 heavy (non-hydrogen) atoms. The number of ether oxygens (including phenoxy) is 1. The minimum Gasteiger partial charge on any atom is -0.468 e. The number of furan rings is 1. The van der Waals surface area contributed by atoms with Gasteiger partial charge in [-0.25, -0.2) is 4.90 Å². The van der Waals surface area contributed by atoms with Gasteiger partial charge in [-0.2, -0.15) is 0 Å². The van der Waals surface area contributed by atoms with E-state index in [0.717, 1.165) is 4.90 Å². The number of aryl methyl sites for hydroxylation is 2. The molecule has 4 rings (SSSR count).